The minimum absolute atomic E-state index is 0.234. The molecule has 0 heterocycles. The van der Waals surface area contributed by atoms with Crippen LogP contribution in [0.2, 0.25) is 0 Å². The molecular weight excluding hydrogens is 323 g/mol. The predicted molar refractivity (Wildman–Crippen MR) is 94.2 cm³/mol. The Labute approximate surface area is 137 Å². The first-order chi connectivity index (χ1) is 10.0. The van der Waals surface area contributed by atoms with E-state index in [0.29, 0.717) is 19.1 Å². The number of hydrogen-bond acceptors (Lipinski definition) is 5. The van der Waals surface area contributed by atoms with Gasteiger partial charge in [0, 0.05) is 4.90 Å². The molecule has 0 saturated heterocycles. The molecule has 0 aliphatic rings. The van der Waals surface area contributed by atoms with Crippen LogP contribution in [0.3, 0.4) is 0 Å². The smallest absolute Gasteiger partial charge is 0.308 e. The van der Waals surface area contributed by atoms with E-state index in [4.69, 9.17) is 9.05 Å². The minimum atomic E-state index is -3.13. The molecule has 0 amide bonds. The Balaban J connectivity index is 2.90. The quantitative estimate of drug-likeness (QED) is 0.307. The molecule has 0 bridgehead atoms. The van der Waals surface area contributed by atoms with Crippen molar-refractivity contribution in [2.24, 2.45) is 5.92 Å². The van der Waals surface area contributed by atoms with E-state index in [2.05, 4.69) is 13.8 Å². The number of rotatable bonds is 10. The molecule has 1 aromatic carbocycles. The molecule has 1 unspecified atom stereocenters. The third kappa shape index (κ3) is 6.79. The van der Waals surface area contributed by atoms with Gasteiger partial charge in [0.1, 0.15) is 0 Å². The highest BCUT2D eigenvalue weighted by Crippen LogP contribution is 2.62. The van der Waals surface area contributed by atoms with E-state index in [1.54, 1.807) is 23.5 Å². The SMILES string of the molecule is CCOP(=O)(OCC)C(SCC(C)C)Sc1ccccc1. The molecule has 1 atom stereocenters. The normalized spacial score (nSPS) is 13.6. The maximum Gasteiger partial charge on any atom is 0.353 e. The van der Waals surface area contributed by atoms with Gasteiger partial charge in [-0.3, -0.25) is 4.57 Å². The van der Waals surface area contributed by atoms with Crippen molar-refractivity contribution >= 4 is 31.1 Å². The molecule has 120 valence electrons. The Kier molecular flexibility index (Phi) is 9.07. The summed E-state index contributed by atoms with van der Waals surface area (Å²) in [5, 5.41) is 0. The van der Waals surface area contributed by atoms with E-state index in [0.717, 1.165) is 10.6 Å². The molecule has 0 N–H and O–H groups in total. The highest BCUT2D eigenvalue weighted by atomic mass is 32.2. The van der Waals surface area contributed by atoms with Gasteiger partial charge in [0.15, 0.2) is 4.32 Å². The summed E-state index contributed by atoms with van der Waals surface area (Å²) >= 11 is 3.23. The average molecular weight is 348 g/mol. The number of thioether (sulfide) groups is 2. The van der Waals surface area contributed by atoms with Gasteiger partial charge in [-0.05, 0) is 37.7 Å². The van der Waals surface area contributed by atoms with Gasteiger partial charge in [-0.1, -0.05) is 43.8 Å². The van der Waals surface area contributed by atoms with E-state index in [1.807, 2.05) is 44.2 Å². The molecule has 6 heteroatoms. The van der Waals surface area contributed by atoms with Crippen LogP contribution in [-0.2, 0) is 13.6 Å². The Bertz CT molecular complexity index is 430. The van der Waals surface area contributed by atoms with Gasteiger partial charge in [0.25, 0.3) is 0 Å². The lowest BCUT2D eigenvalue weighted by Gasteiger charge is -2.26. The lowest BCUT2D eigenvalue weighted by atomic mass is 10.3. The van der Waals surface area contributed by atoms with Crippen molar-refractivity contribution in [3.63, 3.8) is 0 Å². The Morgan fingerprint density at radius 1 is 1.10 bits per heavy atom. The first kappa shape index (κ1) is 19.1. The zero-order valence-electron chi connectivity index (χ0n) is 13.2. The maximum absolute atomic E-state index is 13.0. The van der Waals surface area contributed by atoms with Gasteiger partial charge in [0.05, 0.1) is 13.2 Å². The van der Waals surface area contributed by atoms with Crippen molar-refractivity contribution in [3.05, 3.63) is 30.3 Å². The van der Waals surface area contributed by atoms with Crippen LogP contribution in [0, 0.1) is 5.92 Å². The van der Waals surface area contributed by atoms with Crippen molar-refractivity contribution in [2.75, 3.05) is 19.0 Å². The van der Waals surface area contributed by atoms with Crippen LogP contribution in [0.4, 0.5) is 0 Å². The molecule has 0 radical (unpaired) electrons. The second kappa shape index (κ2) is 9.96. The average Bonchev–Trinajstić information content (AvgIpc) is 2.44. The first-order valence-corrected chi connectivity index (χ1v) is 10.8. The molecular formula is C15H25O3PS2. The van der Waals surface area contributed by atoms with E-state index < -0.39 is 7.60 Å². The van der Waals surface area contributed by atoms with Gasteiger partial charge < -0.3 is 9.05 Å². The lowest BCUT2D eigenvalue weighted by Crippen LogP contribution is -2.09. The van der Waals surface area contributed by atoms with Crippen molar-refractivity contribution in [1.29, 1.82) is 0 Å². The van der Waals surface area contributed by atoms with Crippen molar-refractivity contribution < 1.29 is 13.6 Å². The standard InChI is InChI=1S/C15H25O3PS2/c1-5-17-19(16,18-6-2)15(20-12-13(3)4)21-14-10-8-7-9-11-14/h7-11,13,15H,5-6,12H2,1-4H3. The summed E-state index contributed by atoms with van der Waals surface area (Å²) in [6.07, 6.45) is 0. The molecule has 0 spiro atoms. The Morgan fingerprint density at radius 3 is 2.14 bits per heavy atom. The molecule has 3 nitrogen and oxygen atoms in total. The molecule has 0 saturated carbocycles. The summed E-state index contributed by atoms with van der Waals surface area (Å²) in [7, 11) is -3.13. The van der Waals surface area contributed by atoms with E-state index >= 15 is 0 Å². The fourth-order valence-corrected chi connectivity index (χ4v) is 7.17. The molecule has 0 fully saturated rings. The third-order valence-corrected chi connectivity index (χ3v) is 9.08. The highest BCUT2D eigenvalue weighted by molar-refractivity contribution is 8.23. The molecule has 0 aliphatic carbocycles. The lowest BCUT2D eigenvalue weighted by molar-refractivity contribution is 0.222. The summed E-state index contributed by atoms with van der Waals surface area (Å²) in [4.78, 5) is 1.08. The molecule has 1 aromatic rings. The monoisotopic (exact) mass is 348 g/mol. The zero-order chi connectivity index (χ0) is 15.7. The van der Waals surface area contributed by atoms with Crippen LogP contribution >= 0.6 is 31.1 Å². The van der Waals surface area contributed by atoms with Crippen LogP contribution in [0.15, 0.2) is 35.2 Å². The van der Waals surface area contributed by atoms with Crippen molar-refractivity contribution in [2.45, 2.75) is 36.9 Å². The molecule has 1 rings (SSSR count). The highest BCUT2D eigenvalue weighted by Gasteiger charge is 2.37. The Hall–Kier alpha value is 0.0700. The summed E-state index contributed by atoms with van der Waals surface area (Å²) < 4.78 is 23.9. The largest absolute Gasteiger partial charge is 0.353 e. The van der Waals surface area contributed by atoms with Crippen molar-refractivity contribution in [1.82, 2.24) is 0 Å². The summed E-state index contributed by atoms with van der Waals surface area (Å²) in [5.74, 6) is 1.46. The first-order valence-electron chi connectivity index (χ1n) is 7.24. The fraction of sp³-hybridized carbons (Fsp3) is 0.600. The van der Waals surface area contributed by atoms with E-state index in [9.17, 15) is 4.57 Å². The van der Waals surface area contributed by atoms with Gasteiger partial charge in [0.2, 0.25) is 0 Å². The van der Waals surface area contributed by atoms with E-state index in [1.165, 1.54) is 0 Å². The van der Waals surface area contributed by atoms with Crippen LogP contribution in [0.1, 0.15) is 27.7 Å². The second-order valence-corrected chi connectivity index (χ2v) is 10.3. The van der Waals surface area contributed by atoms with Gasteiger partial charge >= 0.3 is 7.60 Å². The molecule has 0 aliphatic heterocycles. The van der Waals surface area contributed by atoms with Crippen LogP contribution in [-0.4, -0.2) is 23.3 Å². The summed E-state index contributed by atoms with van der Waals surface area (Å²) in [5.41, 5.74) is 0. The zero-order valence-corrected chi connectivity index (χ0v) is 15.7. The second-order valence-electron chi connectivity index (χ2n) is 4.84. The third-order valence-electron chi connectivity index (χ3n) is 2.43. The van der Waals surface area contributed by atoms with Crippen LogP contribution in [0.25, 0.3) is 0 Å². The summed E-state index contributed by atoms with van der Waals surface area (Å²) in [6.45, 7) is 8.80. The number of hydrogen-bond donors (Lipinski definition) is 0. The van der Waals surface area contributed by atoms with E-state index in [-0.39, 0.29) is 4.32 Å². The number of benzene rings is 1. The maximum atomic E-state index is 13.0. The Morgan fingerprint density at radius 2 is 1.67 bits per heavy atom. The topological polar surface area (TPSA) is 35.5 Å². The molecule has 0 aromatic heterocycles. The van der Waals surface area contributed by atoms with Gasteiger partial charge in [-0.2, -0.15) is 0 Å². The minimum Gasteiger partial charge on any atom is -0.308 e. The van der Waals surface area contributed by atoms with Gasteiger partial charge in [-0.15, -0.1) is 11.8 Å². The predicted octanol–water partition coefficient (Wildman–Crippen LogP) is 5.72. The van der Waals surface area contributed by atoms with Gasteiger partial charge in [-0.25, -0.2) is 0 Å². The van der Waals surface area contributed by atoms with Crippen molar-refractivity contribution in [3.8, 4) is 0 Å². The summed E-state index contributed by atoms with van der Waals surface area (Å²) in [6, 6.07) is 9.99. The fourth-order valence-electron chi connectivity index (χ4n) is 1.60. The van der Waals surface area contributed by atoms with Crippen LogP contribution in [0.5, 0.6) is 0 Å². The van der Waals surface area contributed by atoms with Crippen LogP contribution < -0.4 is 0 Å². The molecule has 21 heavy (non-hydrogen) atoms.